The van der Waals surface area contributed by atoms with E-state index in [1.807, 2.05) is 23.3 Å². The number of anilines is 1. The van der Waals surface area contributed by atoms with Crippen molar-refractivity contribution in [3.05, 3.63) is 15.9 Å². The van der Waals surface area contributed by atoms with Gasteiger partial charge in [-0.3, -0.25) is 4.57 Å². The van der Waals surface area contributed by atoms with Crippen LogP contribution in [0.2, 0.25) is 0 Å². The highest BCUT2D eigenvalue weighted by atomic mass is 16.6. The predicted octanol–water partition coefficient (Wildman–Crippen LogP) is 0.529. The largest absolute Gasteiger partial charge is 0.406 e. The SMILES string of the molecule is CCn1c(C)nc([N+](=O)[O-])c1N1CCNCC1. The van der Waals surface area contributed by atoms with Gasteiger partial charge in [0.1, 0.15) is 0 Å². The minimum Gasteiger partial charge on any atom is -0.358 e. The van der Waals surface area contributed by atoms with Gasteiger partial charge in [-0.15, -0.1) is 0 Å². The quantitative estimate of drug-likeness (QED) is 0.615. The van der Waals surface area contributed by atoms with Gasteiger partial charge in [-0.1, -0.05) is 0 Å². The number of nitro groups is 1. The fourth-order valence-corrected chi connectivity index (χ4v) is 2.23. The molecule has 0 atom stereocenters. The number of nitrogens with zero attached hydrogens (tertiary/aromatic N) is 4. The number of aryl methyl sites for hydroxylation is 1. The Morgan fingerprint density at radius 3 is 2.65 bits per heavy atom. The highest BCUT2D eigenvalue weighted by molar-refractivity contribution is 5.56. The minimum atomic E-state index is -0.392. The lowest BCUT2D eigenvalue weighted by atomic mass is 10.3. The van der Waals surface area contributed by atoms with Crippen LogP contribution in [0.15, 0.2) is 0 Å². The van der Waals surface area contributed by atoms with Crippen molar-refractivity contribution in [1.82, 2.24) is 14.9 Å². The molecule has 0 bridgehead atoms. The molecule has 0 radical (unpaired) electrons. The van der Waals surface area contributed by atoms with Crippen LogP contribution < -0.4 is 10.2 Å². The number of rotatable bonds is 3. The molecule has 0 amide bonds. The topological polar surface area (TPSA) is 76.2 Å². The fourth-order valence-electron chi connectivity index (χ4n) is 2.23. The Morgan fingerprint density at radius 1 is 1.47 bits per heavy atom. The Balaban J connectivity index is 2.44. The lowest BCUT2D eigenvalue weighted by Crippen LogP contribution is -2.44. The van der Waals surface area contributed by atoms with Crippen molar-refractivity contribution in [3.63, 3.8) is 0 Å². The van der Waals surface area contributed by atoms with E-state index in [4.69, 9.17) is 0 Å². The molecule has 7 nitrogen and oxygen atoms in total. The Bertz CT molecular complexity index is 423. The molecule has 1 saturated heterocycles. The van der Waals surface area contributed by atoms with Crippen molar-refractivity contribution in [2.45, 2.75) is 20.4 Å². The van der Waals surface area contributed by atoms with Crippen molar-refractivity contribution in [2.24, 2.45) is 0 Å². The van der Waals surface area contributed by atoms with Crippen molar-refractivity contribution in [2.75, 3.05) is 31.1 Å². The van der Waals surface area contributed by atoms with Crippen LogP contribution in [-0.2, 0) is 6.54 Å². The molecule has 1 aliphatic rings. The minimum absolute atomic E-state index is 0.0220. The normalized spacial score (nSPS) is 16.2. The second-order valence-electron chi connectivity index (χ2n) is 4.04. The zero-order valence-corrected chi connectivity index (χ0v) is 10.1. The molecule has 2 heterocycles. The smallest absolute Gasteiger partial charge is 0.358 e. The van der Waals surface area contributed by atoms with E-state index in [1.165, 1.54) is 0 Å². The lowest BCUT2D eigenvalue weighted by Gasteiger charge is -2.28. The molecule has 1 aromatic rings. The third-order valence-corrected chi connectivity index (χ3v) is 3.02. The zero-order valence-electron chi connectivity index (χ0n) is 10.1. The van der Waals surface area contributed by atoms with Crippen LogP contribution in [0.4, 0.5) is 11.6 Å². The average Bonchev–Trinajstić information content (AvgIpc) is 2.67. The van der Waals surface area contributed by atoms with E-state index in [9.17, 15) is 10.1 Å². The van der Waals surface area contributed by atoms with Gasteiger partial charge >= 0.3 is 5.82 Å². The summed E-state index contributed by atoms with van der Waals surface area (Å²) in [6.07, 6.45) is 0. The average molecular weight is 239 g/mol. The summed E-state index contributed by atoms with van der Waals surface area (Å²) >= 11 is 0. The predicted molar refractivity (Wildman–Crippen MR) is 64.4 cm³/mol. The van der Waals surface area contributed by atoms with Gasteiger partial charge in [0.25, 0.3) is 0 Å². The van der Waals surface area contributed by atoms with E-state index in [-0.39, 0.29) is 5.82 Å². The maximum absolute atomic E-state index is 11.0. The van der Waals surface area contributed by atoms with Gasteiger partial charge in [0, 0.05) is 39.6 Å². The Labute approximate surface area is 99.6 Å². The van der Waals surface area contributed by atoms with E-state index < -0.39 is 4.92 Å². The molecular weight excluding hydrogens is 222 g/mol. The van der Waals surface area contributed by atoms with E-state index in [0.29, 0.717) is 18.2 Å². The third kappa shape index (κ3) is 2.10. The van der Waals surface area contributed by atoms with Gasteiger partial charge in [0.15, 0.2) is 0 Å². The van der Waals surface area contributed by atoms with Gasteiger partial charge in [-0.2, -0.15) is 0 Å². The first-order valence-corrected chi connectivity index (χ1v) is 5.82. The molecule has 1 fully saturated rings. The number of hydrogen-bond acceptors (Lipinski definition) is 5. The molecule has 1 aliphatic heterocycles. The molecule has 94 valence electrons. The van der Waals surface area contributed by atoms with Crippen molar-refractivity contribution in [1.29, 1.82) is 0 Å². The monoisotopic (exact) mass is 239 g/mol. The summed E-state index contributed by atoms with van der Waals surface area (Å²) in [5.74, 6) is 1.33. The lowest BCUT2D eigenvalue weighted by molar-refractivity contribution is -0.388. The molecule has 0 saturated carbocycles. The number of nitrogens with one attached hydrogen (secondary N) is 1. The van der Waals surface area contributed by atoms with E-state index in [2.05, 4.69) is 10.3 Å². The maximum Gasteiger partial charge on any atom is 0.406 e. The Hall–Kier alpha value is -1.63. The Kier molecular flexibility index (Phi) is 3.28. The van der Waals surface area contributed by atoms with Gasteiger partial charge in [0.05, 0.1) is 0 Å². The summed E-state index contributed by atoms with van der Waals surface area (Å²) in [6.45, 7) is 7.76. The first kappa shape index (κ1) is 11.8. The van der Waals surface area contributed by atoms with Gasteiger partial charge in [-0.05, 0) is 16.8 Å². The molecule has 0 unspecified atom stereocenters. The van der Waals surface area contributed by atoms with Crippen LogP contribution in [0.1, 0.15) is 12.7 Å². The highest BCUT2D eigenvalue weighted by Gasteiger charge is 2.29. The number of imidazole rings is 1. The molecule has 0 aromatic carbocycles. The maximum atomic E-state index is 11.0. The molecule has 2 rings (SSSR count). The van der Waals surface area contributed by atoms with Crippen LogP contribution >= 0.6 is 0 Å². The van der Waals surface area contributed by atoms with Gasteiger partial charge in [0.2, 0.25) is 11.6 Å². The molecule has 17 heavy (non-hydrogen) atoms. The first-order chi connectivity index (χ1) is 8.15. The van der Waals surface area contributed by atoms with Crippen molar-refractivity contribution >= 4 is 11.6 Å². The summed E-state index contributed by atoms with van der Waals surface area (Å²) in [7, 11) is 0. The number of aromatic nitrogens is 2. The highest BCUT2D eigenvalue weighted by Crippen LogP contribution is 2.29. The zero-order chi connectivity index (χ0) is 12.4. The Morgan fingerprint density at radius 2 is 2.12 bits per heavy atom. The summed E-state index contributed by atoms with van der Waals surface area (Å²) in [5.41, 5.74) is 0. The molecule has 1 N–H and O–H groups in total. The van der Waals surface area contributed by atoms with Crippen molar-refractivity contribution < 1.29 is 4.92 Å². The van der Waals surface area contributed by atoms with Gasteiger partial charge < -0.3 is 20.3 Å². The summed E-state index contributed by atoms with van der Waals surface area (Å²) in [5, 5.41) is 14.3. The van der Waals surface area contributed by atoms with Crippen molar-refractivity contribution in [3.8, 4) is 0 Å². The summed E-state index contributed by atoms with van der Waals surface area (Å²) < 4.78 is 1.91. The second kappa shape index (κ2) is 4.70. The number of hydrogen-bond donors (Lipinski definition) is 1. The van der Waals surface area contributed by atoms with Crippen LogP contribution in [0.25, 0.3) is 0 Å². The second-order valence-corrected chi connectivity index (χ2v) is 4.04. The molecule has 1 aromatic heterocycles. The first-order valence-electron chi connectivity index (χ1n) is 5.82. The number of piperazine rings is 1. The fraction of sp³-hybridized carbons (Fsp3) is 0.700. The molecule has 0 spiro atoms. The molecular formula is C10H17N5O2. The van der Waals surface area contributed by atoms with Crippen LogP contribution in [0.5, 0.6) is 0 Å². The van der Waals surface area contributed by atoms with Crippen LogP contribution in [0.3, 0.4) is 0 Å². The van der Waals surface area contributed by atoms with Crippen LogP contribution in [0, 0.1) is 17.0 Å². The summed E-state index contributed by atoms with van der Waals surface area (Å²) in [6, 6.07) is 0. The van der Waals surface area contributed by atoms with Crippen LogP contribution in [-0.4, -0.2) is 40.7 Å². The van der Waals surface area contributed by atoms with E-state index in [1.54, 1.807) is 0 Å². The van der Waals surface area contributed by atoms with E-state index >= 15 is 0 Å². The molecule has 7 heteroatoms. The summed E-state index contributed by atoms with van der Waals surface area (Å²) in [4.78, 5) is 16.7. The molecule has 0 aliphatic carbocycles. The standard InChI is InChI=1S/C10H17N5O2/c1-3-14-8(2)12-9(15(16)17)10(14)13-6-4-11-5-7-13/h11H,3-7H2,1-2H3. The third-order valence-electron chi connectivity index (χ3n) is 3.02. The van der Waals surface area contributed by atoms with Gasteiger partial charge in [-0.25, -0.2) is 0 Å². The van der Waals surface area contributed by atoms with E-state index in [0.717, 1.165) is 26.2 Å².